The fourth-order valence-electron chi connectivity index (χ4n) is 2.88. The van der Waals surface area contributed by atoms with E-state index in [1.54, 1.807) is 23.7 Å². The molecule has 0 saturated heterocycles. The third-order valence-corrected chi connectivity index (χ3v) is 5.70. The van der Waals surface area contributed by atoms with Gasteiger partial charge >= 0.3 is 6.09 Å². The van der Waals surface area contributed by atoms with Gasteiger partial charge in [-0.05, 0) is 37.0 Å². The summed E-state index contributed by atoms with van der Waals surface area (Å²) < 4.78 is 8.43. The summed E-state index contributed by atoms with van der Waals surface area (Å²) in [6.45, 7) is 1.04. The Labute approximate surface area is 184 Å². The number of nitrogens with zero attached hydrogens (tertiary/aromatic N) is 2. The standard InChI is InChI=1S/C21H25N5O2S2/c22-30-24-11-5-4-8-18(26-21(27)28-14-16-6-2-1-3-7-16)19-15-29-20(25-19)17-9-12-23-13-10-17/h1-3,6-7,9-10,12-13,15,18,24H,4-5,8,11,14,22H2,(H,26,27). The molecule has 1 amide bonds. The molecule has 2 aromatic heterocycles. The van der Waals surface area contributed by atoms with E-state index in [2.05, 4.69) is 15.0 Å². The third kappa shape index (κ3) is 7.10. The molecular formula is C21H25N5O2S2. The number of alkyl carbamates (subject to hydrolysis) is 1. The van der Waals surface area contributed by atoms with Crippen molar-refractivity contribution in [3.8, 4) is 10.6 Å². The number of aromatic nitrogens is 2. The van der Waals surface area contributed by atoms with Crippen molar-refractivity contribution in [1.29, 1.82) is 0 Å². The second-order valence-electron chi connectivity index (χ2n) is 6.58. The highest BCUT2D eigenvalue weighted by Gasteiger charge is 2.19. The van der Waals surface area contributed by atoms with E-state index in [9.17, 15) is 4.79 Å². The van der Waals surface area contributed by atoms with Gasteiger partial charge in [-0.15, -0.1) is 11.3 Å². The van der Waals surface area contributed by atoms with E-state index in [0.29, 0.717) is 0 Å². The van der Waals surface area contributed by atoms with Crippen molar-refractivity contribution in [2.45, 2.75) is 31.9 Å². The van der Waals surface area contributed by atoms with Crippen LogP contribution >= 0.6 is 23.5 Å². The monoisotopic (exact) mass is 443 g/mol. The van der Waals surface area contributed by atoms with Gasteiger partial charge in [0.2, 0.25) is 0 Å². The van der Waals surface area contributed by atoms with E-state index in [1.807, 2.05) is 47.8 Å². The van der Waals surface area contributed by atoms with Crippen molar-refractivity contribution >= 4 is 29.6 Å². The highest BCUT2D eigenvalue weighted by Crippen LogP contribution is 2.28. The summed E-state index contributed by atoms with van der Waals surface area (Å²) in [7, 11) is 0. The summed E-state index contributed by atoms with van der Waals surface area (Å²) in [4.78, 5) is 21.2. The topological polar surface area (TPSA) is 102 Å². The van der Waals surface area contributed by atoms with Crippen molar-refractivity contribution in [2.24, 2.45) is 5.14 Å². The highest BCUT2D eigenvalue weighted by atomic mass is 32.2. The molecule has 158 valence electrons. The Kier molecular flexibility index (Phi) is 9.10. The second kappa shape index (κ2) is 12.3. The van der Waals surface area contributed by atoms with Crippen molar-refractivity contribution in [1.82, 2.24) is 20.0 Å². The molecule has 0 spiro atoms. The molecule has 0 radical (unpaired) electrons. The molecule has 0 aliphatic carbocycles. The predicted molar refractivity (Wildman–Crippen MR) is 121 cm³/mol. The van der Waals surface area contributed by atoms with E-state index < -0.39 is 6.09 Å². The first-order chi connectivity index (χ1) is 14.8. The van der Waals surface area contributed by atoms with Crippen LogP contribution in [0.1, 0.15) is 36.6 Å². The largest absolute Gasteiger partial charge is 0.445 e. The molecule has 3 rings (SSSR count). The predicted octanol–water partition coefficient (Wildman–Crippen LogP) is 4.45. The molecule has 30 heavy (non-hydrogen) atoms. The molecule has 7 nitrogen and oxygen atoms in total. The first-order valence-electron chi connectivity index (χ1n) is 9.68. The number of carbonyl (C=O) groups is 1. The number of nitrogens with one attached hydrogen (secondary N) is 2. The molecule has 1 unspecified atom stereocenters. The first-order valence-corrected chi connectivity index (χ1v) is 11.4. The van der Waals surface area contributed by atoms with Crippen LogP contribution in [0.4, 0.5) is 4.79 Å². The van der Waals surface area contributed by atoms with Crippen LogP contribution in [-0.4, -0.2) is 22.6 Å². The number of rotatable bonds is 11. The fourth-order valence-corrected chi connectivity index (χ4v) is 4.02. The van der Waals surface area contributed by atoms with Crippen molar-refractivity contribution in [3.63, 3.8) is 0 Å². The van der Waals surface area contributed by atoms with Crippen LogP contribution in [0.3, 0.4) is 0 Å². The van der Waals surface area contributed by atoms with Crippen LogP contribution in [-0.2, 0) is 11.3 Å². The van der Waals surface area contributed by atoms with Crippen LogP contribution in [0.25, 0.3) is 10.6 Å². The van der Waals surface area contributed by atoms with Gasteiger partial charge in [-0.2, -0.15) is 0 Å². The van der Waals surface area contributed by atoms with E-state index >= 15 is 0 Å². The zero-order valence-corrected chi connectivity index (χ0v) is 18.1. The number of carbonyl (C=O) groups excluding carboxylic acids is 1. The minimum Gasteiger partial charge on any atom is -0.445 e. The smallest absolute Gasteiger partial charge is 0.408 e. The Balaban J connectivity index is 1.62. The molecule has 9 heteroatoms. The SMILES string of the molecule is NSNCCCCC(NC(=O)OCc1ccccc1)c1csc(-c2ccncc2)n1. The molecular weight excluding hydrogens is 418 g/mol. The van der Waals surface area contributed by atoms with E-state index in [1.165, 1.54) is 0 Å². The van der Waals surface area contributed by atoms with Gasteiger partial charge < -0.3 is 10.1 Å². The lowest BCUT2D eigenvalue weighted by Crippen LogP contribution is -2.29. The van der Waals surface area contributed by atoms with Crippen LogP contribution in [0.2, 0.25) is 0 Å². The summed E-state index contributed by atoms with van der Waals surface area (Å²) in [5.41, 5.74) is 2.80. The Morgan fingerprint density at radius 3 is 2.73 bits per heavy atom. The van der Waals surface area contributed by atoms with Crippen LogP contribution in [0.5, 0.6) is 0 Å². The minimum absolute atomic E-state index is 0.217. The molecule has 0 aliphatic heterocycles. The summed E-state index contributed by atoms with van der Waals surface area (Å²) in [5.74, 6) is 0. The number of hydrogen-bond donors (Lipinski definition) is 3. The fraction of sp³-hybridized carbons (Fsp3) is 0.286. The molecule has 1 aromatic carbocycles. The maximum Gasteiger partial charge on any atom is 0.408 e. The molecule has 0 aliphatic rings. The van der Waals surface area contributed by atoms with Gasteiger partial charge in [-0.1, -0.05) is 30.3 Å². The Morgan fingerprint density at radius 2 is 1.97 bits per heavy atom. The molecule has 1 atom stereocenters. The number of pyridine rings is 1. The number of ether oxygens (including phenoxy) is 1. The molecule has 3 aromatic rings. The first kappa shape index (κ1) is 22.2. The third-order valence-electron chi connectivity index (χ3n) is 4.42. The van der Waals surface area contributed by atoms with Crippen molar-refractivity contribution in [3.05, 3.63) is 71.5 Å². The van der Waals surface area contributed by atoms with Gasteiger partial charge in [-0.25, -0.2) is 9.78 Å². The number of unbranched alkanes of at least 4 members (excludes halogenated alkanes) is 1. The van der Waals surface area contributed by atoms with Crippen molar-refractivity contribution in [2.75, 3.05) is 6.54 Å². The number of benzene rings is 1. The molecule has 0 bridgehead atoms. The lowest BCUT2D eigenvalue weighted by Gasteiger charge is -2.17. The molecule has 2 heterocycles. The van der Waals surface area contributed by atoms with Crippen LogP contribution in [0, 0.1) is 0 Å². The van der Waals surface area contributed by atoms with Gasteiger partial charge in [-0.3, -0.25) is 14.8 Å². The molecule has 4 N–H and O–H groups in total. The average molecular weight is 444 g/mol. The lowest BCUT2D eigenvalue weighted by atomic mass is 10.1. The average Bonchev–Trinajstić information content (AvgIpc) is 3.28. The van der Waals surface area contributed by atoms with Gasteiger partial charge in [0.1, 0.15) is 11.6 Å². The summed E-state index contributed by atoms with van der Waals surface area (Å²) in [5, 5.41) is 11.3. The highest BCUT2D eigenvalue weighted by molar-refractivity contribution is 7.95. The van der Waals surface area contributed by atoms with Gasteiger partial charge in [0.05, 0.1) is 11.7 Å². The van der Waals surface area contributed by atoms with E-state index in [4.69, 9.17) is 14.9 Å². The minimum atomic E-state index is -0.446. The van der Waals surface area contributed by atoms with E-state index in [-0.39, 0.29) is 12.6 Å². The van der Waals surface area contributed by atoms with Crippen LogP contribution < -0.4 is 15.2 Å². The maximum absolute atomic E-state index is 12.4. The van der Waals surface area contributed by atoms with Crippen LogP contribution in [0.15, 0.2) is 60.2 Å². The summed E-state index contributed by atoms with van der Waals surface area (Å²) in [6.07, 6.45) is 5.67. The quantitative estimate of drug-likeness (QED) is 0.297. The Bertz CT molecular complexity index is 893. The van der Waals surface area contributed by atoms with Gasteiger partial charge in [0.15, 0.2) is 0 Å². The number of thiazole rings is 1. The molecule has 0 fully saturated rings. The summed E-state index contributed by atoms with van der Waals surface area (Å²) >= 11 is 2.67. The molecule has 0 saturated carbocycles. The normalized spacial score (nSPS) is 11.8. The number of hydrogen-bond acceptors (Lipinski definition) is 8. The Morgan fingerprint density at radius 1 is 1.17 bits per heavy atom. The van der Waals surface area contributed by atoms with Gasteiger partial charge in [0, 0.05) is 42.0 Å². The number of nitrogens with two attached hydrogens (primary N) is 1. The zero-order valence-electron chi connectivity index (χ0n) is 16.5. The van der Waals surface area contributed by atoms with E-state index in [0.717, 1.165) is 59.8 Å². The lowest BCUT2D eigenvalue weighted by molar-refractivity contribution is 0.134. The second-order valence-corrected chi connectivity index (χ2v) is 7.96. The Hall–Kier alpha value is -2.46. The van der Waals surface area contributed by atoms with Gasteiger partial charge in [0.25, 0.3) is 0 Å². The van der Waals surface area contributed by atoms with Crippen molar-refractivity contribution < 1.29 is 9.53 Å². The maximum atomic E-state index is 12.4. The summed E-state index contributed by atoms with van der Waals surface area (Å²) in [6, 6.07) is 13.3. The zero-order chi connectivity index (χ0) is 21.0. The number of amides is 1.